The predicted molar refractivity (Wildman–Crippen MR) is 113 cm³/mol. The maximum absolute atomic E-state index is 6.53. The Morgan fingerprint density at radius 3 is 2.46 bits per heavy atom. The molecule has 150 valence electrons. The van der Waals surface area contributed by atoms with Crippen LogP contribution in [0.3, 0.4) is 0 Å². The van der Waals surface area contributed by atoms with E-state index < -0.39 is 0 Å². The summed E-state index contributed by atoms with van der Waals surface area (Å²) in [7, 11) is 1.65. The molecule has 5 nitrogen and oxygen atoms in total. The number of rotatable bonds is 8. The van der Waals surface area contributed by atoms with Crippen LogP contribution in [0.2, 0.25) is 5.02 Å². The van der Waals surface area contributed by atoms with Crippen molar-refractivity contribution in [3.05, 3.63) is 65.5 Å². The van der Waals surface area contributed by atoms with E-state index in [2.05, 4.69) is 33.5 Å². The molecule has 1 aliphatic rings. The first-order chi connectivity index (χ1) is 13.7. The van der Waals surface area contributed by atoms with E-state index in [9.17, 15) is 0 Å². The number of benzene rings is 1. The first-order valence-corrected chi connectivity index (χ1v) is 10.0. The van der Waals surface area contributed by atoms with E-state index in [1.165, 1.54) is 5.56 Å². The van der Waals surface area contributed by atoms with Gasteiger partial charge in [-0.15, -0.1) is 0 Å². The third-order valence-corrected chi connectivity index (χ3v) is 5.27. The van der Waals surface area contributed by atoms with Crippen LogP contribution < -0.4 is 9.47 Å². The van der Waals surface area contributed by atoms with Crippen molar-refractivity contribution in [1.82, 2.24) is 14.8 Å². The summed E-state index contributed by atoms with van der Waals surface area (Å²) in [6.45, 7) is 10.1. The highest BCUT2D eigenvalue weighted by molar-refractivity contribution is 6.31. The monoisotopic (exact) mass is 401 g/mol. The van der Waals surface area contributed by atoms with Crippen molar-refractivity contribution in [2.45, 2.75) is 19.5 Å². The van der Waals surface area contributed by atoms with Crippen LogP contribution in [0.25, 0.3) is 0 Å². The van der Waals surface area contributed by atoms with Crippen LogP contribution >= 0.6 is 11.6 Å². The SMILES string of the molecule is C=CCOc1cc(Cl)c(CN2CCCN(Cc3ccncc3)CC2)cc1OC. The highest BCUT2D eigenvalue weighted by Crippen LogP contribution is 2.34. The molecule has 0 radical (unpaired) electrons. The van der Waals surface area contributed by atoms with Crippen LogP contribution in [-0.4, -0.2) is 54.7 Å². The van der Waals surface area contributed by atoms with Crippen LogP contribution in [0.5, 0.6) is 11.5 Å². The zero-order valence-electron chi connectivity index (χ0n) is 16.4. The van der Waals surface area contributed by atoms with Crippen LogP contribution in [-0.2, 0) is 13.1 Å². The molecule has 1 saturated heterocycles. The van der Waals surface area contributed by atoms with Crippen LogP contribution in [0.15, 0.2) is 49.3 Å². The average molecular weight is 402 g/mol. The second-order valence-electron chi connectivity index (χ2n) is 6.96. The third kappa shape index (κ3) is 5.71. The minimum atomic E-state index is 0.422. The van der Waals surface area contributed by atoms with Crippen LogP contribution in [0.1, 0.15) is 17.5 Å². The largest absolute Gasteiger partial charge is 0.493 e. The van der Waals surface area contributed by atoms with E-state index in [1.807, 2.05) is 24.5 Å². The fourth-order valence-corrected chi connectivity index (χ4v) is 3.66. The molecule has 0 unspecified atom stereocenters. The molecule has 3 rings (SSSR count). The summed E-state index contributed by atoms with van der Waals surface area (Å²) in [6, 6.07) is 8.00. The van der Waals surface area contributed by atoms with Gasteiger partial charge in [-0.3, -0.25) is 14.8 Å². The lowest BCUT2D eigenvalue weighted by Crippen LogP contribution is -2.30. The number of hydrogen-bond acceptors (Lipinski definition) is 5. The first-order valence-electron chi connectivity index (χ1n) is 9.63. The molecule has 0 amide bonds. The molecule has 1 aliphatic heterocycles. The maximum atomic E-state index is 6.53. The van der Waals surface area contributed by atoms with E-state index in [1.54, 1.807) is 13.2 Å². The van der Waals surface area contributed by atoms with E-state index in [0.29, 0.717) is 23.1 Å². The molecule has 0 N–H and O–H groups in total. The number of methoxy groups -OCH3 is 1. The third-order valence-electron chi connectivity index (χ3n) is 4.92. The topological polar surface area (TPSA) is 37.8 Å². The molecule has 6 heteroatoms. The Morgan fingerprint density at radius 2 is 1.79 bits per heavy atom. The quantitative estimate of drug-likeness (QED) is 0.624. The van der Waals surface area contributed by atoms with Crippen molar-refractivity contribution >= 4 is 11.6 Å². The van der Waals surface area contributed by atoms with Gasteiger partial charge < -0.3 is 9.47 Å². The zero-order chi connectivity index (χ0) is 19.8. The Hall–Kier alpha value is -2.08. The van der Waals surface area contributed by atoms with E-state index in [0.717, 1.165) is 51.3 Å². The number of hydrogen-bond donors (Lipinski definition) is 0. The lowest BCUT2D eigenvalue weighted by Gasteiger charge is -2.23. The summed E-state index contributed by atoms with van der Waals surface area (Å²) in [5.41, 5.74) is 2.37. The average Bonchev–Trinajstić information content (AvgIpc) is 2.94. The minimum absolute atomic E-state index is 0.422. The van der Waals surface area contributed by atoms with Crippen molar-refractivity contribution in [1.29, 1.82) is 0 Å². The summed E-state index contributed by atoms with van der Waals surface area (Å²) in [6.07, 6.45) is 6.56. The smallest absolute Gasteiger partial charge is 0.163 e. The van der Waals surface area contributed by atoms with Crippen molar-refractivity contribution in [3.63, 3.8) is 0 Å². The van der Waals surface area contributed by atoms with Gasteiger partial charge in [0.15, 0.2) is 11.5 Å². The maximum Gasteiger partial charge on any atom is 0.163 e. The van der Waals surface area contributed by atoms with Crippen molar-refractivity contribution in [2.24, 2.45) is 0 Å². The molecular weight excluding hydrogens is 374 g/mol. The fourth-order valence-electron chi connectivity index (χ4n) is 3.45. The second-order valence-corrected chi connectivity index (χ2v) is 7.36. The molecular formula is C22H28ClN3O2. The molecule has 0 atom stereocenters. The fraction of sp³-hybridized carbons (Fsp3) is 0.409. The van der Waals surface area contributed by atoms with Gasteiger partial charge in [-0.05, 0) is 48.8 Å². The molecule has 2 heterocycles. The molecule has 1 fully saturated rings. The molecule has 2 aromatic rings. The number of ether oxygens (including phenoxy) is 2. The van der Waals surface area contributed by atoms with E-state index >= 15 is 0 Å². The summed E-state index contributed by atoms with van der Waals surface area (Å²) in [5.74, 6) is 1.35. The molecule has 0 bridgehead atoms. The number of pyridine rings is 1. The normalized spacial score (nSPS) is 15.8. The Morgan fingerprint density at radius 1 is 1.07 bits per heavy atom. The van der Waals surface area contributed by atoms with Crippen LogP contribution in [0.4, 0.5) is 0 Å². The summed E-state index contributed by atoms with van der Waals surface area (Å²) >= 11 is 6.53. The van der Waals surface area contributed by atoms with Crippen molar-refractivity contribution in [2.75, 3.05) is 39.9 Å². The van der Waals surface area contributed by atoms with E-state index in [-0.39, 0.29) is 0 Å². The minimum Gasteiger partial charge on any atom is -0.493 e. The van der Waals surface area contributed by atoms with Gasteiger partial charge in [0.05, 0.1) is 7.11 Å². The first kappa shape index (κ1) is 20.6. The van der Waals surface area contributed by atoms with Gasteiger partial charge in [0, 0.05) is 49.7 Å². The molecule has 0 saturated carbocycles. The lowest BCUT2D eigenvalue weighted by molar-refractivity contribution is 0.247. The predicted octanol–water partition coefficient (Wildman–Crippen LogP) is 4.02. The van der Waals surface area contributed by atoms with Gasteiger partial charge in [-0.25, -0.2) is 0 Å². The highest BCUT2D eigenvalue weighted by Gasteiger charge is 2.18. The standard InChI is InChI=1S/C22H28ClN3O2/c1-3-13-28-22-15-20(23)19(14-21(22)27-2)17-26-10-4-9-25(11-12-26)16-18-5-7-24-8-6-18/h3,5-8,14-15H,1,4,9-13,16-17H2,2H3. The zero-order valence-corrected chi connectivity index (χ0v) is 17.2. The summed E-state index contributed by atoms with van der Waals surface area (Å²) in [5, 5.41) is 0.706. The number of aromatic nitrogens is 1. The molecule has 1 aromatic carbocycles. The number of nitrogens with zero attached hydrogens (tertiary/aromatic N) is 3. The second kappa shape index (κ2) is 10.5. The summed E-state index contributed by atoms with van der Waals surface area (Å²) < 4.78 is 11.1. The Labute approximate surface area is 172 Å². The Bertz CT molecular complexity index is 770. The Kier molecular flexibility index (Phi) is 7.71. The number of halogens is 1. The molecule has 0 aliphatic carbocycles. The summed E-state index contributed by atoms with van der Waals surface area (Å²) in [4.78, 5) is 9.06. The highest BCUT2D eigenvalue weighted by atomic mass is 35.5. The molecule has 1 aromatic heterocycles. The van der Waals surface area contributed by atoms with Gasteiger partial charge in [0.2, 0.25) is 0 Å². The molecule has 28 heavy (non-hydrogen) atoms. The van der Waals surface area contributed by atoms with Gasteiger partial charge in [-0.2, -0.15) is 0 Å². The van der Waals surface area contributed by atoms with Gasteiger partial charge in [0.25, 0.3) is 0 Å². The Balaban J connectivity index is 1.61. The van der Waals surface area contributed by atoms with Gasteiger partial charge >= 0.3 is 0 Å². The lowest BCUT2D eigenvalue weighted by atomic mass is 10.1. The molecule has 0 spiro atoms. The van der Waals surface area contributed by atoms with Crippen molar-refractivity contribution < 1.29 is 9.47 Å². The van der Waals surface area contributed by atoms with E-state index in [4.69, 9.17) is 21.1 Å². The van der Waals surface area contributed by atoms with Gasteiger partial charge in [-0.1, -0.05) is 24.3 Å². The van der Waals surface area contributed by atoms with Crippen LogP contribution in [0, 0.1) is 0 Å². The van der Waals surface area contributed by atoms with Crippen molar-refractivity contribution in [3.8, 4) is 11.5 Å². The van der Waals surface area contributed by atoms with Gasteiger partial charge in [0.1, 0.15) is 6.61 Å².